The van der Waals surface area contributed by atoms with Gasteiger partial charge >= 0.3 is 0 Å². The molecule has 0 spiro atoms. The molecular formula is C22H30N6O. The molecule has 2 aliphatic heterocycles. The Labute approximate surface area is 172 Å². The van der Waals surface area contributed by atoms with E-state index in [0.29, 0.717) is 12.4 Å². The number of anilines is 1. The van der Waals surface area contributed by atoms with Gasteiger partial charge in [-0.25, -0.2) is 15.0 Å². The van der Waals surface area contributed by atoms with Crippen molar-refractivity contribution in [2.75, 3.05) is 31.1 Å². The Morgan fingerprint density at radius 2 is 2.03 bits per heavy atom. The lowest BCUT2D eigenvalue weighted by atomic mass is 9.96. The van der Waals surface area contributed by atoms with Crippen LogP contribution in [-0.4, -0.2) is 56.5 Å². The number of piperidine rings is 1. The minimum Gasteiger partial charge on any atom is -0.356 e. The van der Waals surface area contributed by atoms with Gasteiger partial charge in [0.15, 0.2) is 5.82 Å². The van der Waals surface area contributed by atoms with E-state index in [-0.39, 0.29) is 11.8 Å². The van der Waals surface area contributed by atoms with E-state index in [1.54, 1.807) is 10.8 Å². The predicted molar refractivity (Wildman–Crippen MR) is 111 cm³/mol. The molecule has 154 valence electrons. The quantitative estimate of drug-likeness (QED) is 0.798. The van der Waals surface area contributed by atoms with Crippen molar-refractivity contribution in [1.82, 2.24) is 24.4 Å². The molecule has 2 aromatic rings. The summed E-state index contributed by atoms with van der Waals surface area (Å²) in [5.41, 5.74) is 2.45. The van der Waals surface area contributed by atoms with Crippen LogP contribution in [0.25, 0.3) is 0 Å². The topological polar surface area (TPSA) is 67.2 Å². The molecule has 1 saturated carbocycles. The third-order valence-corrected chi connectivity index (χ3v) is 6.63. The second-order valence-electron chi connectivity index (χ2n) is 8.91. The smallest absolute Gasteiger partial charge is 0.289 e. The van der Waals surface area contributed by atoms with E-state index in [0.717, 1.165) is 56.3 Å². The summed E-state index contributed by atoms with van der Waals surface area (Å²) >= 11 is 0. The van der Waals surface area contributed by atoms with Crippen LogP contribution in [0.3, 0.4) is 0 Å². The lowest BCUT2D eigenvalue weighted by Gasteiger charge is -2.34. The van der Waals surface area contributed by atoms with Crippen LogP contribution in [0.1, 0.15) is 65.7 Å². The highest BCUT2D eigenvalue weighted by molar-refractivity contribution is 5.90. The van der Waals surface area contributed by atoms with Gasteiger partial charge in [0, 0.05) is 62.8 Å². The van der Waals surface area contributed by atoms with Crippen LogP contribution in [0.4, 0.5) is 5.82 Å². The third kappa shape index (κ3) is 3.63. The summed E-state index contributed by atoms with van der Waals surface area (Å²) in [7, 11) is 1.87. The minimum absolute atomic E-state index is 0.00671. The normalized spacial score (nSPS) is 21.9. The maximum atomic E-state index is 12.9. The SMILES string of the molecule is Cc1nc([C@@H]2CCCN(C(=O)c3nccn3C)C2)nc2c1CCCN2CC1CC1. The Morgan fingerprint density at radius 1 is 1.17 bits per heavy atom. The molecule has 0 aromatic carbocycles. The molecule has 1 atom stereocenters. The van der Waals surface area contributed by atoms with Crippen LogP contribution >= 0.6 is 0 Å². The number of likely N-dealkylation sites (tertiary alicyclic amines) is 1. The van der Waals surface area contributed by atoms with Crippen LogP contribution in [0.2, 0.25) is 0 Å². The molecule has 0 N–H and O–H groups in total. The van der Waals surface area contributed by atoms with Crippen LogP contribution in [0.5, 0.6) is 0 Å². The Bertz CT molecular complexity index is 918. The summed E-state index contributed by atoms with van der Waals surface area (Å²) in [6.07, 6.45) is 10.5. The molecule has 4 heterocycles. The fourth-order valence-electron chi connectivity index (χ4n) is 4.77. The molecule has 0 bridgehead atoms. The molecule has 29 heavy (non-hydrogen) atoms. The highest BCUT2D eigenvalue weighted by Gasteiger charge is 2.32. The highest BCUT2D eigenvalue weighted by atomic mass is 16.2. The van der Waals surface area contributed by atoms with Crippen molar-refractivity contribution in [3.8, 4) is 0 Å². The summed E-state index contributed by atoms with van der Waals surface area (Å²) in [6, 6.07) is 0. The van der Waals surface area contributed by atoms with Crippen molar-refractivity contribution < 1.29 is 4.79 Å². The number of aromatic nitrogens is 4. The van der Waals surface area contributed by atoms with Crippen LogP contribution in [0.15, 0.2) is 12.4 Å². The van der Waals surface area contributed by atoms with Crippen LogP contribution < -0.4 is 4.90 Å². The maximum absolute atomic E-state index is 12.9. The van der Waals surface area contributed by atoms with Crippen molar-refractivity contribution in [1.29, 1.82) is 0 Å². The van der Waals surface area contributed by atoms with E-state index in [1.807, 2.05) is 18.1 Å². The number of imidazole rings is 1. The summed E-state index contributed by atoms with van der Waals surface area (Å²) in [5.74, 6) is 3.64. The number of hydrogen-bond acceptors (Lipinski definition) is 5. The number of rotatable bonds is 4. The molecular weight excluding hydrogens is 364 g/mol. The molecule has 1 aliphatic carbocycles. The fourth-order valence-corrected chi connectivity index (χ4v) is 4.77. The zero-order valence-electron chi connectivity index (χ0n) is 17.5. The lowest BCUT2D eigenvalue weighted by molar-refractivity contribution is 0.0688. The molecule has 0 unspecified atom stereocenters. The second-order valence-corrected chi connectivity index (χ2v) is 8.91. The monoisotopic (exact) mass is 394 g/mol. The van der Waals surface area contributed by atoms with Gasteiger partial charge in [-0.1, -0.05) is 0 Å². The van der Waals surface area contributed by atoms with Gasteiger partial charge in [-0.2, -0.15) is 0 Å². The van der Waals surface area contributed by atoms with E-state index in [9.17, 15) is 4.79 Å². The fraction of sp³-hybridized carbons (Fsp3) is 0.636. The largest absolute Gasteiger partial charge is 0.356 e. The number of carbonyl (C=O) groups is 1. The number of amides is 1. The van der Waals surface area contributed by atoms with E-state index in [1.165, 1.54) is 30.6 Å². The number of fused-ring (bicyclic) bond motifs is 1. The zero-order valence-corrected chi connectivity index (χ0v) is 17.5. The first-order valence-corrected chi connectivity index (χ1v) is 11.0. The Kier molecular flexibility index (Phi) is 4.76. The summed E-state index contributed by atoms with van der Waals surface area (Å²) in [4.78, 5) is 31.6. The van der Waals surface area contributed by atoms with Crippen molar-refractivity contribution in [3.05, 3.63) is 35.3 Å². The van der Waals surface area contributed by atoms with Crippen LogP contribution in [0, 0.1) is 12.8 Å². The van der Waals surface area contributed by atoms with Crippen molar-refractivity contribution in [2.24, 2.45) is 13.0 Å². The second kappa shape index (κ2) is 7.43. The minimum atomic E-state index is 0.00671. The predicted octanol–water partition coefficient (Wildman–Crippen LogP) is 2.70. The molecule has 5 rings (SSSR count). The summed E-state index contributed by atoms with van der Waals surface area (Å²) in [6.45, 7) is 5.82. The molecule has 2 fully saturated rings. The molecule has 1 saturated heterocycles. The molecule has 7 heteroatoms. The van der Waals surface area contributed by atoms with E-state index < -0.39 is 0 Å². The maximum Gasteiger partial charge on any atom is 0.289 e. The molecule has 7 nitrogen and oxygen atoms in total. The standard InChI is InChI=1S/C22H30N6O/c1-15-18-6-4-10-27(13-16-7-8-16)20(18)25-19(24-15)17-5-3-11-28(14-17)22(29)21-23-9-12-26(21)2/h9,12,16-17H,3-8,10-11,13-14H2,1-2H3/t17-/m1/s1. The van der Waals surface area contributed by atoms with Gasteiger partial charge in [-0.15, -0.1) is 0 Å². The molecule has 0 radical (unpaired) electrons. The molecule has 1 amide bonds. The van der Waals surface area contributed by atoms with E-state index in [2.05, 4.69) is 16.8 Å². The van der Waals surface area contributed by atoms with Gasteiger partial charge in [0.1, 0.15) is 11.6 Å². The summed E-state index contributed by atoms with van der Waals surface area (Å²) < 4.78 is 1.79. The average Bonchev–Trinajstić information content (AvgIpc) is 3.45. The number of carbonyl (C=O) groups excluding carboxylic acids is 1. The van der Waals surface area contributed by atoms with Gasteiger partial charge in [-0.3, -0.25) is 4.79 Å². The lowest BCUT2D eigenvalue weighted by Crippen LogP contribution is -2.41. The number of aryl methyl sites for hydroxylation is 2. The Morgan fingerprint density at radius 3 is 2.79 bits per heavy atom. The highest BCUT2D eigenvalue weighted by Crippen LogP contribution is 2.36. The van der Waals surface area contributed by atoms with E-state index >= 15 is 0 Å². The first-order valence-electron chi connectivity index (χ1n) is 11.0. The van der Waals surface area contributed by atoms with Gasteiger partial charge in [0.25, 0.3) is 5.91 Å². The van der Waals surface area contributed by atoms with Crippen molar-refractivity contribution in [2.45, 2.75) is 51.4 Å². The van der Waals surface area contributed by atoms with Crippen LogP contribution in [-0.2, 0) is 13.5 Å². The summed E-state index contributed by atoms with van der Waals surface area (Å²) in [5, 5.41) is 0. The molecule has 2 aromatic heterocycles. The van der Waals surface area contributed by atoms with Crippen molar-refractivity contribution in [3.63, 3.8) is 0 Å². The van der Waals surface area contributed by atoms with Gasteiger partial charge < -0.3 is 14.4 Å². The average molecular weight is 395 g/mol. The first-order chi connectivity index (χ1) is 14.1. The van der Waals surface area contributed by atoms with Gasteiger partial charge in [-0.05, 0) is 51.4 Å². The molecule has 3 aliphatic rings. The number of hydrogen-bond donors (Lipinski definition) is 0. The number of nitrogens with zero attached hydrogens (tertiary/aromatic N) is 6. The van der Waals surface area contributed by atoms with Gasteiger partial charge in [0.2, 0.25) is 0 Å². The Balaban J connectivity index is 1.39. The zero-order chi connectivity index (χ0) is 20.0. The third-order valence-electron chi connectivity index (χ3n) is 6.63. The van der Waals surface area contributed by atoms with E-state index in [4.69, 9.17) is 9.97 Å². The Hall–Kier alpha value is -2.44. The first kappa shape index (κ1) is 18.6. The van der Waals surface area contributed by atoms with Crippen molar-refractivity contribution >= 4 is 11.7 Å². The van der Waals surface area contributed by atoms with Gasteiger partial charge in [0.05, 0.1) is 0 Å².